The average molecular weight is 310 g/mol. The Kier molecular flexibility index (Phi) is 4.38. The molecule has 0 heterocycles. The van der Waals surface area contributed by atoms with E-state index in [1.54, 1.807) is 0 Å². The van der Waals surface area contributed by atoms with Crippen molar-refractivity contribution >= 4 is 28.4 Å². The van der Waals surface area contributed by atoms with Crippen molar-refractivity contribution in [3.63, 3.8) is 0 Å². The van der Waals surface area contributed by atoms with Gasteiger partial charge in [0.25, 0.3) is 0 Å². The van der Waals surface area contributed by atoms with Crippen LogP contribution in [-0.2, 0) is 0 Å². The number of ether oxygens (including phenoxy) is 1. The van der Waals surface area contributed by atoms with E-state index in [0.29, 0.717) is 0 Å². The SMILES string of the molecule is CS(C)(I)CCOc1ccccc1. The molecule has 0 saturated carbocycles. The zero-order valence-corrected chi connectivity index (χ0v) is 11.0. The Morgan fingerprint density at radius 3 is 2.38 bits per heavy atom. The van der Waals surface area contributed by atoms with Crippen molar-refractivity contribution in [2.45, 2.75) is 0 Å². The highest BCUT2D eigenvalue weighted by Crippen LogP contribution is 2.48. The van der Waals surface area contributed by atoms with Crippen molar-refractivity contribution in [2.75, 3.05) is 24.9 Å². The molecule has 1 nitrogen and oxygen atoms in total. The number of benzene rings is 1. The third-order valence-corrected chi connectivity index (χ3v) is 4.04. The third kappa shape index (κ3) is 5.41. The second-order valence-electron chi connectivity index (χ2n) is 3.27. The van der Waals surface area contributed by atoms with Crippen molar-refractivity contribution in [1.29, 1.82) is 0 Å². The second-order valence-corrected chi connectivity index (χ2v) is 13.6. The molecule has 0 aliphatic heterocycles. The fourth-order valence-corrected chi connectivity index (χ4v) is 1.89. The fraction of sp³-hybridized carbons (Fsp3) is 0.400. The summed E-state index contributed by atoms with van der Waals surface area (Å²) in [6, 6.07) is 9.99. The van der Waals surface area contributed by atoms with Crippen molar-refractivity contribution in [2.24, 2.45) is 0 Å². The van der Waals surface area contributed by atoms with E-state index in [1.165, 1.54) is 0 Å². The molecule has 0 unspecified atom stereocenters. The summed E-state index contributed by atoms with van der Waals surface area (Å²) in [6.07, 6.45) is 4.59. The molecular formula is C10H15IOS. The van der Waals surface area contributed by atoms with Gasteiger partial charge in [-0.2, -0.15) is 7.20 Å². The summed E-state index contributed by atoms with van der Waals surface area (Å²) in [6.45, 7) is 0.829. The molecule has 1 aromatic carbocycles. The summed E-state index contributed by atoms with van der Waals surface area (Å²) >= 11 is 2.52. The van der Waals surface area contributed by atoms with Crippen LogP contribution in [-0.4, -0.2) is 24.9 Å². The highest BCUT2D eigenvalue weighted by molar-refractivity contribution is 14.2. The number of hydrogen-bond donors (Lipinski definition) is 0. The van der Waals surface area contributed by atoms with E-state index in [2.05, 4.69) is 33.7 Å². The molecule has 0 amide bonds. The Bertz CT molecular complexity index is 243. The van der Waals surface area contributed by atoms with Crippen LogP contribution in [0.1, 0.15) is 0 Å². The van der Waals surface area contributed by atoms with Gasteiger partial charge in [0.2, 0.25) is 0 Å². The molecular weight excluding hydrogens is 295 g/mol. The van der Waals surface area contributed by atoms with Gasteiger partial charge in [-0.15, -0.1) is 0 Å². The Labute approximate surface area is 93.8 Å². The van der Waals surface area contributed by atoms with Crippen molar-refractivity contribution in [3.05, 3.63) is 30.3 Å². The lowest BCUT2D eigenvalue weighted by Crippen LogP contribution is -2.05. The second kappa shape index (κ2) is 5.10. The van der Waals surface area contributed by atoms with E-state index in [-0.39, 0.29) is 0 Å². The smallest absolute Gasteiger partial charge is 0.119 e. The largest absolute Gasteiger partial charge is 0.493 e. The Morgan fingerprint density at radius 1 is 1.23 bits per heavy atom. The molecule has 3 heteroatoms. The van der Waals surface area contributed by atoms with Gasteiger partial charge < -0.3 is 4.74 Å². The number of para-hydroxylation sites is 1. The molecule has 13 heavy (non-hydrogen) atoms. The number of hydrogen-bond acceptors (Lipinski definition) is 1. The van der Waals surface area contributed by atoms with Crippen LogP contribution < -0.4 is 4.74 Å². The molecule has 0 aliphatic rings. The van der Waals surface area contributed by atoms with Gasteiger partial charge in [-0.3, -0.25) is 0 Å². The van der Waals surface area contributed by atoms with Crippen LogP contribution in [0.5, 0.6) is 5.75 Å². The van der Waals surface area contributed by atoms with E-state index < -0.39 is 7.20 Å². The molecule has 0 bridgehead atoms. The van der Waals surface area contributed by atoms with Crippen LogP contribution in [0.3, 0.4) is 0 Å². The molecule has 0 aliphatic carbocycles. The topological polar surface area (TPSA) is 9.23 Å². The molecule has 0 radical (unpaired) electrons. The van der Waals surface area contributed by atoms with Crippen LogP contribution in [0.15, 0.2) is 30.3 Å². The fourth-order valence-electron chi connectivity index (χ4n) is 0.874. The Hall–Kier alpha value is 0.100. The maximum Gasteiger partial charge on any atom is 0.119 e. The molecule has 0 fully saturated rings. The Balaban J connectivity index is 2.29. The summed E-state index contributed by atoms with van der Waals surface area (Å²) < 4.78 is 5.60. The zero-order valence-electron chi connectivity index (χ0n) is 8.00. The van der Waals surface area contributed by atoms with E-state index in [0.717, 1.165) is 18.1 Å². The van der Waals surface area contributed by atoms with Crippen LogP contribution in [0, 0.1) is 0 Å². The van der Waals surface area contributed by atoms with Gasteiger partial charge >= 0.3 is 0 Å². The molecule has 1 rings (SSSR count). The summed E-state index contributed by atoms with van der Waals surface area (Å²) in [5, 5.41) is 0. The predicted octanol–water partition coefficient (Wildman–Crippen LogP) is 3.48. The summed E-state index contributed by atoms with van der Waals surface area (Å²) in [7, 11) is -0.449. The molecule has 74 valence electrons. The third-order valence-electron chi connectivity index (χ3n) is 1.58. The highest BCUT2D eigenvalue weighted by atomic mass is 127. The van der Waals surface area contributed by atoms with Crippen LogP contribution in [0.25, 0.3) is 0 Å². The van der Waals surface area contributed by atoms with E-state index in [9.17, 15) is 0 Å². The van der Waals surface area contributed by atoms with Gasteiger partial charge in [-0.05, 0) is 45.8 Å². The molecule has 0 spiro atoms. The van der Waals surface area contributed by atoms with Crippen LogP contribution >= 0.6 is 28.4 Å². The first-order valence-corrected chi connectivity index (χ1v) is 9.32. The monoisotopic (exact) mass is 310 g/mol. The first kappa shape index (κ1) is 11.2. The van der Waals surface area contributed by atoms with Gasteiger partial charge in [-0.1, -0.05) is 18.2 Å². The normalized spacial score (nSPS) is 12.5. The number of rotatable bonds is 4. The summed E-state index contributed by atoms with van der Waals surface area (Å²) in [4.78, 5) is 0. The van der Waals surface area contributed by atoms with E-state index in [4.69, 9.17) is 4.74 Å². The van der Waals surface area contributed by atoms with E-state index in [1.807, 2.05) is 30.3 Å². The maximum absolute atomic E-state index is 5.60. The minimum absolute atomic E-state index is 0.449. The minimum atomic E-state index is -0.449. The molecule has 0 saturated heterocycles. The lowest BCUT2D eigenvalue weighted by Gasteiger charge is -2.22. The quantitative estimate of drug-likeness (QED) is 0.774. The van der Waals surface area contributed by atoms with Crippen molar-refractivity contribution < 1.29 is 4.74 Å². The molecule has 0 aromatic heterocycles. The molecule has 1 aromatic rings. The van der Waals surface area contributed by atoms with E-state index >= 15 is 0 Å². The minimum Gasteiger partial charge on any atom is -0.493 e. The highest BCUT2D eigenvalue weighted by Gasteiger charge is 2.05. The lowest BCUT2D eigenvalue weighted by molar-refractivity contribution is 0.343. The molecule has 0 atom stereocenters. The van der Waals surface area contributed by atoms with Gasteiger partial charge in [0.1, 0.15) is 5.75 Å². The predicted molar refractivity (Wildman–Crippen MR) is 70.3 cm³/mol. The summed E-state index contributed by atoms with van der Waals surface area (Å²) in [5.74, 6) is 2.13. The first-order chi connectivity index (χ1) is 6.08. The van der Waals surface area contributed by atoms with Crippen molar-refractivity contribution in [1.82, 2.24) is 0 Å². The van der Waals surface area contributed by atoms with Crippen LogP contribution in [0.2, 0.25) is 0 Å². The van der Waals surface area contributed by atoms with Gasteiger partial charge in [0, 0.05) is 5.75 Å². The Morgan fingerprint density at radius 2 is 1.85 bits per heavy atom. The zero-order chi connectivity index (χ0) is 9.73. The van der Waals surface area contributed by atoms with Gasteiger partial charge in [-0.25, -0.2) is 0 Å². The molecule has 0 N–H and O–H groups in total. The number of halogens is 1. The van der Waals surface area contributed by atoms with Gasteiger partial charge in [0.05, 0.1) is 6.61 Å². The average Bonchev–Trinajstić information content (AvgIpc) is 2.04. The van der Waals surface area contributed by atoms with Crippen LogP contribution in [0.4, 0.5) is 0 Å². The van der Waals surface area contributed by atoms with Gasteiger partial charge in [0.15, 0.2) is 0 Å². The lowest BCUT2D eigenvalue weighted by atomic mass is 10.3. The summed E-state index contributed by atoms with van der Waals surface area (Å²) in [5.41, 5.74) is 0. The maximum atomic E-state index is 5.60. The standard InChI is InChI=1S/C10H15IOS/c1-13(2,11)9-8-12-10-6-4-3-5-7-10/h3-7H,8-9H2,1-2H3. The van der Waals surface area contributed by atoms with Crippen molar-refractivity contribution in [3.8, 4) is 5.75 Å². The first-order valence-electron chi connectivity index (χ1n) is 4.16.